The van der Waals surface area contributed by atoms with Crippen molar-refractivity contribution in [3.05, 3.63) is 76.3 Å². The molecule has 1 aliphatic heterocycles. The fourth-order valence-electron chi connectivity index (χ4n) is 5.29. The number of ether oxygens (including phenoxy) is 3. The van der Waals surface area contributed by atoms with Crippen molar-refractivity contribution in [2.24, 2.45) is 5.16 Å². The van der Waals surface area contributed by atoms with Crippen LogP contribution in [-0.4, -0.2) is 56.5 Å². The summed E-state index contributed by atoms with van der Waals surface area (Å²) in [6.07, 6.45) is -3.20. The monoisotopic (exact) mass is 722 g/mol. The number of hydrogen-bond acceptors (Lipinski definition) is 9. The number of hydrogen-bond donors (Lipinski definition) is 2. The molecule has 1 unspecified atom stereocenters. The molecule has 0 saturated carbocycles. The molecule has 3 aromatic carbocycles. The minimum Gasteiger partial charge on any atom is -0.497 e. The van der Waals surface area contributed by atoms with Gasteiger partial charge in [0.05, 0.1) is 25.6 Å². The highest BCUT2D eigenvalue weighted by molar-refractivity contribution is 7.97. The highest BCUT2D eigenvalue weighted by atomic mass is 35.5. The summed E-state index contributed by atoms with van der Waals surface area (Å²) in [7, 11) is 2.92. The summed E-state index contributed by atoms with van der Waals surface area (Å²) in [6, 6.07) is 12.8. The second-order valence-corrected chi connectivity index (χ2v) is 13.4. The average Bonchev–Trinajstić information content (AvgIpc) is 3.30. The van der Waals surface area contributed by atoms with E-state index in [-0.39, 0.29) is 18.1 Å². The van der Waals surface area contributed by atoms with Crippen molar-refractivity contribution in [2.45, 2.75) is 58.0 Å². The molecule has 10 nitrogen and oxygen atoms in total. The number of fused-ring (bicyclic) bond motifs is 1. The van der Waals surface area contributed by atoms with E-state index in [0.29, 0.717) is 44.6 Å². The Morgan fingerprint density at radius 3 is 2.37 bits per heavy atom. The maximum absolute atomic E-state index is 14.7. The van der Waals surface area contributed by atoms with Gasteiger partial charge in [-0.3, -0.25) is 14.3 Å². The molecular formula is C34H38ClF3N4O6S. The van der Waals surface area contributed by atoms with Gasteiger partial charge in [-0.15, -0.1) is 13.2 Å². The number of nitrogens with one attached hydrogen (secondary N) is 2. The fraction of sp³-hybridized carbons (Fsp3) is 0.382. The first kappa shape index (κ1) is 37.5. The number of carbonyl (C=O) groups excluding carboxylic acids is 2. The Labute approximate surface area is 292 Å². The number of rotatable bonds is 12. The van der Waals surface area contributed by atoms with Crippen LogP contribution in [0, 0.1) is 0 Å². The lowest BCUT2D eigenvalue weighted by molar-refractivity contribution is -0.274. The van der Waals surface area contributed by atoms with E-state index in [4.69, 9.17) is 25.9 Å². The second-order valence-electron chi connectivity index (χ2n) is 12.4. The van der Waals surface area contributed by atoms with E-state index in [1.54, 1.807) is 69.5 Å². The zero-order valence-electron chi connectivity index (χ0n) is 28.2. The molecule has 0 aromatic heterocycles. The Balaban J connectivity index is 1.78. The summed E-state index contributed by atoms with van der Waals surface area (Å²) in [4.78, 5) is 34.1. The highest BCUT2D eigenvalue weighted by Gasteiger charge is 2.42. The van der Waals surface area contributed by atoms with Crippen LogP contribution in [0.5, 0.6) is 17.2 Å². The molecular weight excluding hydrogens is 685 g/mol. The van der Waals surface area contributed by atoms with Gasteiger partial charge in [-0.25, -0.2) is 0 Å². The lowest BCUT2D eigenvalue weighted by Crippen LogP contribution is -2.40. The third-order valence-corrected chi connectivity index (χ3v) is 8.44. The largest absolute Gasteiger partial charge is 0.573 e. The molecule has 0 spiro atoms. The number of methoxy groups -OCH3 is 2. The van der Waals surface area contributed by atoms with Crippen LogP contribution in [-0.2, 0) is 19.8 Å². The molecule has 0 aliphatic carbocycles. The molecule has 0 saturated heterocycles. The van der Waals surface area contributed by atoms with Crippen molar-refractivity contribution in [3.63, 3.8) is 0 Å². The predicted octanol–water partition coefficient (Wildman–Crippen LogP) is 7.65. The standard InChI is InChI=1S/C34H38ClF3N4O6S/c1-19(40-48-33(4,5)31(44)41-49-8)20-13-22(16-24(14-20)45-6)39-29(25-11-9-21(35)15-28(25)46-7)30(43)42-18-32(2,3)26-12-10-23(17-27(26)42)47-34(36,37)38/h9-17,29,39H,18H2,1-8H3,(H,41,44)/b40-19+. The average molecular weight is 723 g/mol. The molecule has 1 atom stereocenters. The van der Waals surface area contributed by atoms with E-state index in [0.717, 1.165) is 11.9 Å². The molecule has 49 heavy (non-hydrogen) atoms. The van der Waals surface area contributed by atoms with Crippen LogP contribution in [0.1, 0.15) is 57.4 Å². The molecule has 0 radical (unpaired) electrons. The minimum absolute atomic E-state index is 0.178. The number of halogens is 4. The molecule has 4 rings (SSSR count). The Morgan fingerprint density at radius 2 is 1.73 bits per heavy atom. The molecule has 2 N–H and O–H groups in total. The van der Waals surface area contributed by atoms with Crippen LogP contribution in [0.4, 0.5) is 24.5 Å². The molecule has 264 valence electrons. The first-order valence-corrected chi connectivity index (χ1v) is 16.6. The van der Waals surface area contributed by atoms with Crippen LogP contribution in [0.2, 0.25) is 5.02 Å². The summed E-state index contributed by atoms with van der Waals surface area (Å²) in [5.74, 6) is -0.558. The Bertz CT molecular complexity index is 1750. The summed E-state index contributed by atoms with van der Waals surface area (Å²) in [6.45, 7) is 8.84. The molecule has 0 fully saturated rings. The van der Waals surface area contributed by atoms with Crippen LogP contribution < -0.4 is 29.1 Å². The Morgan fingerprint density at radius 1 is 1.02 bits per heavy atom. The van der Waals surface area contributed by atoms with E-state index >= 15 is 0 Å². The van der Waals surface area contributed by atoms with Crippen LogP contribution in [0.15, 0.2) is 59.8 Å². The number of carbonyl (C=O) groups is 2. The number of alkyl halides is 3. The van der Waals surface area contributed by atoms with Crippen molar-refractivity contribution in [1.29, 1.82) is 0 Å². The topological polar surface area (TPSA) is 111 Å². The summed E-state index contributed by atoms with van der Waals surface area (Å²) >= 11 is 7.41. The van der Waals surface area contributed by atoms with Gasteiger partial charge in [0.2, 0.25) is 5.60 Å². The van der Waals surface area contributed by atoms with Gasteiger partial charge >= 0.3 is 6.36 Å². The molecule has 2 amide bonds. The number of oxime groups is 1. The van der Waals surface area contributed by atoms with Crippen molar-refractivity contribution in [3.8, 4) is 17.2 Å². The zero-order valence-corrected chi connectivity index (χ0v) is 29.8. The summed E-state index contributed by atoms with van der Waals surface area (Å²) < 4.78 is 57.4. The summed E-state index contributed by atoms with van der Waals surface area (Å²) in [5.41, 5.74) is 0.936. The molecule has 1 aliphatic rings. The van der Waals surface area contributed by atoms with Gasteiger partial charge in [-0.1, -0.05) is 54.7 Å². The SMILES string of the molecule is COc1cc(NC(C(=O)N2CC(C)(C)c3ccc(OC(F)(F)F)cc32)c2ccc(Cl)cc2OC)cc(/C(C)=N/OC(C)(C)C(=O)NSC)c1. The van der Waals surface area contributed by atoms with Crippen molar-refractivity contribution in [2.75, 3.05) is 37.2 Å². The second kappa shape index (κ2) is 14.7. The lowest BCUT2D eigenvalue weighted by Gasteiger charge is -2.28. The molecule has 0 bridgehead atoms. The molecule has 1 heterocycles. The van der Waals surface area contributed by atoms with Gasteiger partial charge in [0, 0.05) is 52.2 Å². The first-order chi connectivity index (χ1) is 22.9. The van der Waals surface area contributed by atoms with Crippen molar-refractivity contribution in [1.82, 2.24) is 4.72 Å². The van der Waals surface area contributed by atoms with Gasteiger partial charge in [0.25, 0.3) is 11.8 Å². The number of anilines is 2. The maximum Gasteiger partial charge on any atom is 0.573 e. The Kier molecular flexibility index (Phi) is 11.2. The maximum atomic E-state index is 14.7. The minimum atomic E-state index is -4.91. The van der Waals surface area contributed by atoms with E-state index in [9.17, 15) is 22.8 Å². The van der Waals surface area contributed by atoms with E-state index in [1.807, 2.05) is 13.8 Å². The van der Waals surface area contributed by atoms with Crippen molar-refractivity contribution >= 4 is 52.4 Å². The van der Waals surface area contributed by atoms with Crippen LogP contribution >= 0.6 is 23.5 Å². The fourth-order valence-corrected chi connectivity index (χ4v) is 5.88. The quantitative estimate of drug-likeness (QED) is 0.112. The third-order valence-electron chi connectivity index (χ3n) is 7.82. The first-order valence-electron chi connectivity index (χ1n) is 15.0. The van der Waals surface area contributed by atoms with Crippen molar-refractivity contribution < 1.29 is 41.8 Å². The Hall–Kier alpha value is -4.30. The molecule has 3 aromatic rings. The number of benzene rings is 3. The molecule has 15 heteroatoms. The lowest BCUT2D eigenvalue weighted by atomic mass is 9.87. The van der Waals surface area contributed by atoms with Gasteiger partial charge < -0.3 is 29.3 Å². The summed E-state index contributed by atoms with van der Waals surface area (Å²) in [5, 5.41) is 7.85. The van der Waals surface area contributed by atoms with Gasteiger partial charge in [0.1, 0.15) is 23.3 Å². The van der Waals surface area contributed by atoms with Crippen LogP contribution in [0.3, 0.4) is 0 Å². The van der Waals surface area contributed by atoms with Crippen LogP contribution in [0.25, 0.3) is 0 Å². The zero-order chi connectivity index (χ0) is 36.3. The highest BCUT2D eigenvalue weighted by Crippen LogP contribution is 2.45. The van der Waals surface area contributed by atoms with Gasteiger partial charge in [-0.2, -0.15) is 0 Å². The van der Waals surface area contributed by atoms with E-state index in [2.05, 4.69) is 19.9 Å². The van der Waals surface area contributed by atoms with E-state index in [1.165, 1.54) is 31.3 Å². The van der Waals surface area contributed by atoms with E-state index < -0.39 is 35.1 Å². The number of amides is 2. The van der Waals surface area contributed by atoms with Gasteiger partial charge in [0.15, 0.2) is 0 Å². The predicted molar refractivity (Wildman–Crippen MR) is 185 cm³/mol. The number of nitrogens with zero attached hydrogens (tertiary/aromatic N) is 2. The normalized spacial score (nSPS) is 14.9. The smallest absolute Gasteiger partial charge is 0.497 e. The van der Waals surface area contributed by atoms with Gasteiger partial charge in [-0.05, 0) is 56.7 Å². The third kappa shape index (κ3) is 8.84.